The van der Waals surface area contributed by atoms with Crippen molar-refractivity contribution >= 4 is 11.7 Å². The first-order valence-corrected chi connectivity index (χ1v) is 5.82. The van der Waals surface area contributed by atoms with E-state index in [1.54, 1.807) is 0 Å². The number of nitrogens with one attached hydrogen (secondary N) is 2. The van der Waals surface area contributed by atoms with Crippen LogP contribution in [-0.4, -0.2) is 24.0 Å². The van der Waals surface area contributed by atoms with Crippen LogP contribution in [0.25, 0.3) is 0 Å². The first-order chi connectivity index (χ1) is 8.13. The molecule has 2 aliphatic heterocycles. The summed E-state index contributed by atoms with van der Waals surface area (Å²) in [7, 11) is 0. The Kier molecular flexibility index (Phi) is 2.10. The minimum atomic E-state index is -0.557. The highest BCUT2D eigenvalue weighted by Crippen LogP contribution is 2.39. The van der Waals surface area contributed by atoms with Crippen molar-refractivity contribution in [2.45, 2.75) is 19.3 Å². The Morgan fingerprint density at radius 1 is 1.41 bits per heavy atom. The summed E-state index contributed by atoms with van der Waals surface area (Å²) in [5.41, 5.74) is 2.53. The van der Waals surface area contributed by atoms with E-state index >= 15 is 0 Å². The van der Waals surface area contributed by atoms with Gasteiger partial charge in [0.25, 0.3) is 0 Å². The average Bonchev–Trinajstić information content (AvgIpc) is 2.56. The van der Waals surface area contributed by atoms with Gasteiger partial charge in [0.05, 0.1) is 0 Å². The second-order valence-electron chi connectivity index (χ2n) is 4.75. The van der Waals surface area contributed by atoms with Gasteiger partial charge in [-0.15, -0.1) is 0 Å². The van der Waals surface area contributed by atoms with E-state index in [1.165, 1.54) is 0 Å². The molecule has 88 valence electrons. The van der Waals surface area contributed by atoms with E-state index < -0.39 is 5.41 Å². The maximum absolute atomic E-state index is 12.2. The van der Waals surface area contributed by atoms with Crippen molar-refractivity contribution in [2.24, 2.45) is 0 Å². The topological polar surface area (TPSA) is 54.0 Å². The monoisotopic (exact) mass is 229 g/mol. The Hall–Kier alpha value is -1.68. The van der Waals surface area contributed by atoms with E-state index in [9.17, 15) is 4.79 Å². The lowest BCUT2D eigenvalue weighted by Crippen LogP contribution is -2.45. The van der Waals surface area contributed by atoms with Crippen LogP contribution in [-0.2, 0) is 10.2 Å². The molecule has 2 N–H and O–H groups in total. The lowest BCUT2D eigenvalue weighted by atomic mass is 9.80. The normalized spacial score (nSPS) is 26.1. The highest BCUT2D eigenvalue weighted by molar-refractivity contribution is 6.07. The van der Waals surface area contributed by atoms with Crippen LogP contribution in [0, 0.1) is 13.8 Å². The van der Waals surface area contributed by atoms with Gasteiger partial charge in [0.2, 0.25) is 5.91 Å². The lowest BCUT2D eigenvalue weighted by molar-refractivity contribution is -0.119. The third-order valence-electron chi connectivity index (χ3n) is 3.65. The molecule has 4 nitrogen and oxygen atoms in total. The summed E-state index contributed by atoms with van der Waals surface area (Å²) in [6.45, 7) is 5.45. The van der Waals surface area contributed by atoms with Gasteiger partial charge in [0, 0.05) is 24.3 Å². The van der Waals surface area contributed by atoms with E-state index in [-0.39, 0.29) is 5.91 Å². The Morgan fingerprint density at radius 2 is 2.24 bits per heavy atom. The number of nitrogens with zero attached hydrogens (tertiary/aromatic N) is 1. The summed E-state index contributed by atoms with van der Waals surface area (Å²) >= 11 is 0. The maximum Gasteiger partial charge on any atom is 0.241 e. The van der Waals surface area contributed by atoms with Crippen molar-refractivity contribution in [1.82, 2.24) is 10.3 Å². The fourth-order valence-electron chi connectivity index (χ4n) is 2.49. The molecule has 1 aromatic rings. The van der Waals surface area contributed by atoms with Crippen molar-refractivity contribution in [2.75, 3.05) is 18.4 Å². The van der Waals surface area contributed by atoms with Crippen LogP contribution < -0.4 is 10.6 Å². The largest absolute Gasteiger partial charge is 0.312 e. The summed E-state index contributed by atoms with van der Waals surface area (Å²) in [6.07, 6.45) is 4.01. The van der Waals surface area contributed by atoms with Gasteiger partial charge in [-0.1, -0.05) is 12.2 Å². The number of aromatic nitrogens is 1. The van der Waals surface area contributed by atoms with Gasteiger partial charge in [-0.25, -0.2) is 4.98 Å². The Bertz CT molecular complexity index is 536. The van der Waals surface area contributed by atoms with Crippen LogP contribution in [0.4, 0.5) is 5.82 Å². The van der Waals surface area contributed by atoms with Gasteiger partial charge in [-0.05, 0) is 25.5 Å². The number of hydrogen-bond donors (Lipinski definition) is 2. The third kappa shape index (κ3) is 1.34. The van der Waals surface area contributed by atoms with Gasteiger partial charge in [-0.3, -0.25) is 4.79 Å². The number of carbonyl (C=O) groups excluding carboxylic acids is 1. The van der Waals surface area contributed by atoms with Crippen molar-refractivity contribution in [3.8, 4) is 0 Å². The lowest BCUT2D eigenvalue weighted by Gasteiger charge is -2.27. The maximum atomic E-state index is 12.2. The van der Waals surface area contributed by atoms with Crippen LogP contribution in [0.2, 0.25) is 0 Å². The molecule has 17 heavy (non-hydrogen) atoms. The third-order valence-corrected chi connectivity index (χ3v) is 3.65. The number of anilines is 1. The molecule has 0 aliphatic carbocycles. The summed E-state index contributed by atoms with van der Waals surface area (Å²) in [6, 6.07) is 2.08. The fourth-order valence-corrected chi connectivity index (χ4v) is 2.49. The quantitative estimate of drug-likeness (QED) is 0.654. The molecule has 1 atom stereocenters. The van der Waals surface area contributed by atoms with Crippen LogP contribution in [0.5, 0.6) is 0 Å². The van der Waals surface area contributed by atoms with Crippen molar-refractivity contribution < 1.29 is 4.79 Å². The van der Waals surface area contributed by atoms with E-state index in [1.807, 2.05) is 26.0 Å². The fraction of sp³-hybridized carbons (Fsp3) is 0.385. The van der Waals surface area contributed by atoms with Crippen LogP contribution in [0.15, 0.2) is 18.2 Å². The van der Waals surface area contributed by atoms with Gasteiger partial charge < -0.3 is 10.6 Å². The first-order valence-electron chi connectivity index (χ1n) is 5.82. The first kappa shape index (κ1) is 10.5. The number of amides is 1. The predicted octanol–water partition coefficient (Wildman–Crippen LogP) is 1.05. The van der Waals surface area contributed by atoms with Crippen LogP contribution >= 0.6 is 0 Å². The molecule has 1 unspecified atom stereocenters. The van der Waals surface area contributed by atoms with E-state index in [0.29, 0.717) is 12.4 Å². The number of hydrogen-bond acceptors (Lipinski definition) is 3. The molecule has 2 aliphatic rings. The molecule has 4 heteroatoms. The molecule has 0 saturated heterocycles. The molecule has 1 aromatic heterocycles. The van der Waals surface area contributed by atoms with Crippen LogP contribution in [0.3, 0.4) is 0 Å². The highest BCUT2D eigenvalue weighted by Gasteiger charge is 2.46. The van der Waals surface area contributed by atoms with Crippen molar-refractivity contribution in [3.63, 3.8) is 0 Å². The van der Waals surface area contributed by atoms with E-state index in [4.69, 9.17) is 0 Å². The minimum Gasteiger partial charge on any atom is -0.312 e. The van der Waals surface area contributed by atoms with E-state index in [0.717, 1.165) is 23.4 Å². The van der Waals surface area contributed by atoms with Gasteiger partial charge in [0.15, 0.2) is 0 Å². The summed E-state index contributed by atoms with van der Waals surface area (Å²) in [5, 5.41) is 6.13. The summed E-state index contributed by atoms with van der Waals surface area (Å²) < 4.78 is 0. The molecule has 3 heterocycles. The molecule has 0 radical (unpaired) electrons. The average molecular weight is 229 g/mol. The summed E-state index contributed by atoms with van der Waals surface area (Å²) in [5.74, 6) is 0.736. The molecule has 1 spiro atoms. The van der Waals surface area contributed by atoms with Gasteiger partial charge in [0.1, 0.15) is 11.2 Å². The minimum absolute atomic E-state index is 0.0217. The van der Waals surface area contributed by atoms with Crippen molar-refractivity contribution in [1.29, 1.82) is 0 Å². The van der Waals surface area contributed by atoms with Gasteiger partial charge in [-0.2, -0.15) is 0 Å². The molecule has 3 rings (SSSR count). The second kappa shape index (κ2) is 3.40. The Balaban J connectivity index is 2.22. The zero-order valence-corrected chi connectivity index (χ0v) is 10.0. The molecular weight excluding hydrogens is 214 g/mol. The Labute approximate surface area is 100 Å². The number of rotatable bonds is 0. The second-order valence-corrected chi connectivity index (χ2v) is 4.75. The molecule has 0 fully saturated rings. The smallest absolute Gasteiger partial charge is 0.241 e. The Morgan fingerprint density at radius 3 is 2.94 bits per heavy atom. The highest BCUT2D eigenvalue weighted by atomic mass is 16.2. The molecule has 1 amide bonds. The predicted molar refractivity (Wildman–Crippen MR) is 66.0 cm³/mol. The van der Waals surface area contributed by atoms with Crippen LogP contribution in [0.1, 0.15) is 16.8 Å². The summed E-state index contributed by atoms with van der Waals surface area (Å²) in [4.78, 5) is 16.6. The number of pyridine rings is 1. The molecule has 0 bridgehead atoms. The van der Waals surface area contributed by atoms with Crippen molar-refractivity contribution in [3.05, 3.63) is 35.0 Å². The van der Waals surface area contributed by atoms with Gasteiger partial charge >= 0.3 is 0 Å². The molecule has 0 aromatic carbocycles. The number of aryl methyl sites for hydroxylation is 2. The number of carbonyl (C=O) groups is 1. The zero-order chi connectivity index (χ0) is 12.0. The zero-order valence-electron chi connectivity index (χ0n) is 10.0. The molecule has 0 saturated carbocycles. The number of fused-ring (bicyclic) bond motifs is 2. The van der Waals surface area contributed by atoms with E-state index in [2.05, 4.69) is 21.7 Å². The standard InChI is InChI=1S/C13H15N3O/c1-8-6-10-11(15-9(8)2)16-12(17)13(10)4-3-5-14-7-13/h3-4,6,14H,5,7H2,1-2H3,(H,15,16,17). The SMILES string of the molecule is Cc1cc2c(nc1C)NC(=O)C21C=CCNC1. The molecular formula is C13H15N3O.